The summed E-state index contributed by atoms with van der Waals surface area (Å²) in [6.07, 6.45) is 2.07. The first kappa shape index (κ1) is 14.2. The summed E-state index contributed by atoms with van der Waals surface area (Å²) in [4.78, 5) is 0. The maximum Gasteiger partial charge on any atom is 0.279 e. The Hall–Kier alpha value is -0.210. The molecule has 2 atom stereocenters. The highest BCUT2D eigenvalue weighted by atomic mass is 32.2. The van der Waals surface area contributed by atoms with Crippen LogP contribution in [0, 0.1) is 5.92 Å². The van der Waals surface area contributed by atoms with Crippen LogP contribution in [0.2, 0.25) is 0 Å². The molecule has 0 amide bonds. The van der Waals surface area contributed by atoms with Crippen molar-refractivity contribution in [2.75, 3.05) is 39.4 Å². The Balaban J connectivity index is 1.82. The molecule has 18 heavy (non-hydrogen) atoms. The van der Waals surface area contributed by atoms with Crippen molar-refractivity contribution in [1.29, 1.82) is 0 Å². The molecule has 106 valence electrons. The Labute approximate surface area is 109 Å². The Morgan fingerprint density at radius 3 is 3.00 bits per heavy atom. The number of morpholine rings is 1. The van der Waals surface area contributed by atoms with Crippen LogP contribution in [0.25, 0.3) is 0 Å². The molecule has 0 aromatic heterocycles. The van der Waals surface area contributed by atoms with Crippen molar-refractivity contribution in [2.24, 2.45) is 5.92 Å². The first-order chi connectivity index (χ1) is 8.58. The molecule has 0 bridgehead atoms. The highest BCUT2D eigenvalue weighted by Gasteiger charge is 2.27. The maximum absolute atomic E-state index is 12.1. The highest BCUT2D eigenvalue weighted by molar-refractivity contribution is 7.87. The lowest BCUT2D eigenvalue weighted by molar-refractivity contribution is 0.0782. The molecule has 2 saturated heterocycles. The second-order valence-corrected chi connectivity index (χ2v) is 6.94. The average molecular weight is 277 g/mol. The van der Waals surface area contributed by atoms with Gasteiger partial charge < -0.3 is 10.1 Å². The number of rotatable bonds is 4. The number of nitrogens with one attached hydrogen (secondary N) is 2. The second-order valence-electron chi connectivity index (χ2n) is 5.18. The van der Waals surface area contributed by atoms with Crippen LogP contribution in [0.3, 0.4) is 0 Å². The lowest BCUT2D eigenvalue weighted by Crippen LogP contribution is -2.52. The lowest BCUT2D eigenvalue weighted by atomic mass is 10.0. The summed E-state index contributed by atoms with van der Waals surface area (Å²) < 4.78 is 33.8. The van der Waals surface area contributed by atoms with Crippen LogP contribution in [0.15, 0.2) is 0 Å². The van der Waals surface area contributed by atoms with Gasteiger partial charge in [0.1, 0.15) is 0 Å². The summed E-state index contributed by atoms with van der Waals surface area (Å²) in [6, 6.07) is 0.0794. The van der Waals surface area contributed by atoms with E-state index >= 15 is 0 Å². The van der Waals surface area contributed by atoms with E-state index in [-0.39, 0.29) is 6.04 Å². The van der Waals surface area contributed by atoms with Crippen LogP contribution in [0.4, 0.5) is 0 Å². The lowest BCUT2D eigenvalue weighted by Gasteiger charge is -2.31. The first-order valence-corrected chi connectivity index (χ1v) is 8.08. The van der Waals surface area contributed by atoms with Crippen molar-refractivity contribution in [1.82, 2.24) is 14.3 Å². The predicted octanol–water partition coefficient (Wildman–Crippen LogP) is -0.459. The molecular weight excluding hydrogens is 254 g/mol. The van der Waals surface area contributed by atoms with E-state index in [1.807, 2.05) is 0 Å². The molecule has 6 nitrogen and oxygen atoms in total. The minimum atomic E-state index is -3.33. The van der Waals surface area contributed by atoms with Crippen molar-refractivity contribution >= 4 is 10.2 Å². The zero-order chi connectivity index (χ0) is 13.0. The van der Waals surface area contributed by atoms with Crippen LogP contribution < -0.4 is 10.0 Å². The van der Waals surface area contributed by atoms with Crippen molar-refractivity contribution in [2.45, 2.75) is 25.8 Å². The molecule has 2 N–H and O–H groups in total. The zero-order valence-electron chi connectivity index (χ0n) is 10.9. The van der Waals surface area contributed by atoms with Crippen LogP contribution in [-0.4, -0.2) is 58.2 Å². The maximum atomic E-state index is 12.1. The van der Waals surface area contributed by atoms with Gasteiger partial charge in [-0.3, -0.25) is 0 Å². The third-order valence-corrected chi connectivity index (χ3v) is 5.01. The summed E-state index contributed by atoms with van der Waals surface area (Å²) in [5, 5.41) is 3.23. The molecule has 0 radical (unpaired) electrons. The number of ether oxygens (including phenoxy) is 1. The fourth-order valence-electron chi connectivity index (χ4n) is 2.41. The van der Waals surface area contributed by atoms with Gasteiger partial charge in [0.2, 0.25) is 0 Å². The van der Waals surface area contributed by atoms with Crippen LogP contribution in [0.5, 0.6) is 0 Å². The van der Waals surface area contributed by atoms with E-state index in [9.17, 15) is 8.42 Å². The molecule has 2 fully saturated rings. The molecule has 0 aromatic rings. The molecule has 2 heterocycles. The van der Waals surface area contributed by atoms with Crippen LogP contribution in [0.1, 0.15) is 19.8 Å². The Kier molecular flexibility index (Phi) is 4.97. The molecule has 2 unspecified atom stereocenters. The zero-order valence-corrected chi connectivity index (χ0v) is 11.7. The minimum absolute atomic E-state index is 0.0794. The fourth-order valence-corrected chi connectivity index (χ4v) is 3.83. The van der Waals surface area contributed by atoms with Crippen LogP contribution in [-0.2, 0) is 14.9 Å². The normalized spacial score (nSPS) is 31.4. The smallest absolute Gasteiger partial charge is 0.279 e. The molecule has 2 aliphatic heterocycles. The van der Waals surface area contributed by atoms with E-state index in [4.69, 9.17) is 4.74 Å². The van der Waals surface area contributed by atoms with Crippen LogP contribution >= 0.6 is 0 Å². The number of piperidine rings is 1. The standard InChI is InChI=1S/C11H23N3O3S/c1-10-3-2-5-14(8-10)18(15,16)13-7-11-9-17-6-4-12-11/h10-13H,2-9H2,1H3. The average Bonchev–Trinajstić information content (AvgIpc) is 2.38. The topological polar surface area (TPSA) is 70.7 Å². The van der Waals surface area contributed by atoms with Crippen molar-refractivity contribution in [3.8, 4) is 0 Å². The largest absolute Gasteiger partial charge is 0.378 e. The highest BCUT2D eigenvalue weighted by Crippen LogP contribution is 2.17. The van der Waals surface area contributed by atoms with Gasteiger partial charge in [-0.2, -0.15) is 12.7 Å². The quantitative estimate of drug-likeness (QED) is 0.729. The van der Waals surface area contributed by atoms with Gasteiger partial charge in [0.25, 0.3) is 10.2 Å². The molecule has 0 aromatic carbocycles. The number of hydrogen-bond donors (Lipinski definition) is 2. The van der Waals surface area contributed by atoms with E-state index in [2.05, 4.69) is 17.0 Å². The van der Waals surface area contributed by atoms with Crippen molar-refractivity contribution < 1.29 is 13.2 Å². The molecule has 0 spiro atoms. The monoisotopic (exact) mass is 277 g/mol. The van der Waals surface area contributed by atoms with E-state index in [1.54, 1.807) is 4.31 Å². The van der Waals surface area contributed by atoms with E-state index in [0.717, 1.165) is 19.4 Å². The Bertz CT molecular complexity index is 355. The van der Waals surface area contributed by atoms with Gasteiger partial charge in [-0.25, -0.2) is 4.72 Å². The van der Waals surface area contributed by atoms with Crippen molar-refractivity contribution in [3.63, 3.8) is 0 Å². The summed E-state index contributed by atoms with van der Waals surface area (Å²) in [7, 11) is -3.33. The molecule has 7 heteroatoms. The van der Waals surface area contributed by atoms with E-state index in [1.165, 1.54) is 0 Å². The van der Waals surface area contributed by atoms with Gasteiger partial charge in [0.05, 0.1) is 13.2 Å². The molecular formula is C11H23N3O3S. The second kappa shape index (κ2) is 6.29. The third kappa shape index (κ3) is 3.89. The summed E-state index contributed by atoms with van der Waals surface area (Å²) in [5.41, 5.74) is 0. The van der Waals surface area contributed by atoms with Gasteiger partial charge in [-0.1, -0.05) is 6.92 Å². The first-order valence-electron chi connectivity index (χ1n) is 6.64. The van der Waals surface area contributed by atoms with E-state index < -0.39 is 10.2 Å². The van der Waals surface area contributed by atoms with Gasteiger partial charge in [-0.05, 0) is 18.8 Å². The van der Waals surface area contributed by atoms with Gasteiger partial charge >= 0.3 is 0 Å². The van der Waals surface area contributed by atoms with Gasteiger partial charge in [0, 0.05) is 32.2 Å². The number of hydrogen-bond acceptors (Lipinski definition) is 4. The van der Waals surface area contributed by atoms with Gasteiger partial charge in [0.15, 0.2) is 0 Å². The Morgan fingerprint density at radius 1 is 1.50 bits per heavy atom. The Morgan fingerprint density at radius 2 is 2.33 bits per heavy atom. The number of nitrogens with zero attached hydrogens (tertiary/aromatic N) is 1. The molecule has 0 aliphatic carbocycles. The fraction of sp³-hybridized carbons (Fsp3) is 1.00. The minimum Gasteiger partial charge on any atom is -0.378 e. The molecule has 2 rings (SSSR count). The summed E-state index contributed by atoms with van der Waals surface area (Å²) >= 11 is 0. The third-order valence-electron chi connectivity index (χ3n) is 3.47. The summed E-state index contributed by atoms with van der Waals surface area (Å²) in [5.74, 6) is 0.450. The predicted molar refractivity (Wildman–Crippen MR) is 69.5 cm³/mol. The summed E-state index contributed by atoms with van der Waals surface area (Å²) in [6.45, 7) is 5.81. The SMILES string of the molecule is CC1CCCN(S(=O)(=O)NCC2COCCN2)C1. The van der Waals surface area contributed by atoms with Gasteiger partial charge in [-0.15, -0.1) is 0 Å². The van der Waals surface area contributed by atoms with E-state index in [0.29, 0.717) is 38.8 Å². The molecule has 2 aliphatic rings. The van der Waals surface area contributed by atoms with Crippen molar-refractivity contribution in [3.05, 3.63) is 0 Å². The molecule has 0 saturated carbocycles.